The Labute approximate surface area is 243 Å². The number of aryl methyl sites for hydroxylation is 1. The number of methoxy groups -OCH3 is 2. The molecule has 10 heteroatoms. The van der Waals surface area contributed by atoms with Crippen LogP contribution in [0.15, 0.2) is 77.7 Å². The Morgan fingerprint density at radius 2 is 1.66 bits per heavy atom. The Balaban J connectivity index is 2.13. The van der Waals surface area contributed by atoms with Gasteiger partial charge in [-0.15, -0.1) is 0 Å². The number of hydrogen-bond acceptors (Lipinski definition) is 6. The lowest BCUT2D eigenvalue weighted by Gasteiger charge is -2.33. The van der Waals surface area contributed by atoms with E-state index in [4.69, 9.17) is 9.47 Å². The lowest BCUT2D eigenvalue weighted by molar-refractivity contribution is -0.140. The van der Waals surface area contributed by atoms with E-state index >= 15 is 0 Å². The van der Waals surface area contributed by atoms with Gasteiger partial charge in [0, 0.05) is 19.2 Å². The van der Waals surface area contributed by atoms with E-state index in [1.54, 1.807) is 30.3 Å². The number of anilines is 1. The average Bonchev–Trinajstić information content (AvgIpc) is 2.98. The molecule has 0 bridgehead atoms. The van der Waals surface area contributed by atoms with Crippen LogP contribution in [0.5, 0.6) is 11.5 Å². The third-order valence-corrected chi connectivity index (χ3v) is 8.41. The van der Waals surface area contributed by atoms with Crippen LogP contribution in [0.4, 0.5) is 5.69 Å². The Hall–Kier alpha value is -4.05. The van der Waals surface area contributed by atoms with Gasteiger partial charge in [-0.3, -0.25) is 13.9 Å². The summed E-state index contributed by atoms with van der Waals surface area (Å²) in [6.45, 7) is 5.76. The van der Waals surface area contributed by atoms with Crippen molar-refractivity contribution in [2.45, 2.75) is 51.1 Å². The third-order valence-electron chi connectivity index (χ3n) is 6.64. The van der Waals surface area contributed by atoms with E-state index in [9.17, 15) is 18.0 Å². The molecule has 0 heterocycles. The lowest BCUT2D eigenvalue weighted by atomic mass is 10.1. The molecule has 0 saturated carbocycles. The summed E-state index contributed by atoms with van der Waals surface area (Å²) >= 11 is 0. The highest BCUT2D eigenvalue weighted by molar-refractivity contribution is 7.92. The van der Waals surface area contributed by atoms with Crippen LogP contribution in [-0.4, -0.2) is 58.5 Å². The minimum absolute atomic E-state index is 0.00985. The molecule has 2 amide bonds. The van der Waals surface area contributed by atoms with Gasteiger partial charge in [-0.1, -0.05) is 61.9 Å². The summed E-state index contributed by atoms with van der Waals surface area (Å²) in [6.07, 6.45) is 1.09. The van der Waals surface area contributed by atoms with Gasteiger partial charge >= 0.3 is 0 Å². The van der Waals surface area contributed by atoms with Crippen molar-refractivity contribution in [2.24, 2.45) is 0 Å². The fourth-order valence-corrected chi connectivity index (χ4v) is 5.95. The molecule has 9 nitrogen and oxygen atoms in total. The Morgan fingerprint density at radius 3 is 2.27 bits per heavy atom. The predicted octanol–water partition coefficient (Wildman–Crippen LogP) is 4.54. The van der Waals surface area contributed by atoms with Gasteiger partial charge in [0.1, 0.15) is 24.1 Å². The van der Waals surface area contributed by atoms with Crippen LogP contribution in [0.25, 0.3) is 0 Å². The fourth-order valence-electron chi connectivity index (χ4n) is 4.52. The van der Waals surface area contributed by atoms with Gasteiger partial charge in [0.25, 0.3) is 10.0 Å². The maximum atomic E-state index is 14.2. The topological polar surface area (TPSA) is 105 Å². The zero-order valence-corrected chi connectivity index (χ0v) is 25.1. The number of carbonyl (C=O) groups is 2. The molecular weight excluding hydrogens is 542 g/mol. The predicted molar refractivity (Wildman–Crippen MR) is 160 cm³/mol. The molecule has 0 aromatic heterocycles. The quantitative estimate of drug-likeness (QED) is 0.300. The molecule has 3 aromatic rings. The summed E-state index contributed by atoms with van der Waals surface area (Å²) in [5.74, 6) is -0.180. The van der Waals surface area contributed by atoms with E-state index in [2.05, 4.69) is 5.32 Å². The van der Waals surface area contributed by atoms with E-state index in [0.29, 0.717) is 18.7 Å². The first kappa shape index (κ1) is 31.5. The maximum Gasteiger partial charge on any atom is 0.264 e. The Kier molecular flexibility index (Phi) is 11.2. The summed E-state index contributed by atoms with van der Waals surface area (Å²) in [4.78, 5) is 28.9. The minimum atomic E-state index is -4.24. The maximum absolute atomic E-state index is 14.2. The van der Waals surface area contributed by atoms with E-state index in [-0.39, 0.29) is 28.8 Å². The SMILES string of the molecule is CCCNC(=O)[C@H](CC)N(Cc1cccc(C)c1)C(=O)CN(c1cc(OC)ccc1OC)S(=O)(=O)c1ccccc1. The van der Waals surface area contributed by atoms with Crippen molar-refractivity contribution in [2.75, 3.05) is 31.6 Å². The van der Waals surface area contributed by atoms with Gasteiger partial charge in [-0.05, 0) is 49.6 Å². The number of benzene rings is 3. The van der Waals surface area contributed by atoms with Crippen LogP contribution in [0.3, 0.4) is 0 Å². The third kappa shape index (κ3) is 7.79. The average molecular weight is 582 g/mol. The molecule has 0 unspecified atom stereocenters. The molecule has 1 atom stereocenters. The Morgan fingerprint density at radius 1 is 0.927 bits per heavy atom. The number of rotatable bonds is 14. The first-order chi connectivity index (χ1) is 19.7. The molecule has 3 aromatic carbocycles. The number of carbonyl (C=O) groups excluding carboxylic acids is 2. The molecule has 0 aliphatic rings. The zero-order chi connectivity index (χ0) is 30.0. The molecule has 0 saturated heterocycles. The second-order valence-corrected chi connectivity index (χ2v) is 11.5. The standard InChI is InChI=1S/C31H39N3O6S/c1-6-18-32-31(36)27(7-2)33(21-24-13-11-12-23(3)19-24)30(35)22-34(41(37,38)26-14-9-8-10-15-26)28-20-25(39-4)16-17-29(28)40-5/h8-17,19-20,27H,6-7,18,21-22H2,1-5H3,(H,32,36)/t27-/m0/s1. The lowest BCUT2D eigenvalue weighted by Crippen LogP contribution is -2.52. The van der Waals surface area contributed by atoms with Gasteiger partial charge in [-0.2, -0.15) is 0 Å². The number of amides is 2. The minimum Gasteiger partial charge on any atom is -0.497 e. The van der Waals surface area contributed by atoms with Crippen molar-refractivity contribution in [3.8, 4) is 11.5 Å². The molecule has 3 rings (SSSR count). The molecule has 0 aliphatic heterocycles. The van der Waals surface area contributed by atoms with Crippen LogP contribution < -0.4 is 19.1 Å². The monoisotopic (exact) mass is 581 g/mol. The summed E-state index contributed by atoms with van der Waals surface area (Å²) in [5, 5.41) is 2.89. The van der Waals surface area contributed by atoms with E-state index in [0.717, 1.165) is 21.9 Å². The summed E-state index contributed by atoms with van der Waals surface area (Å²) < 4.78 is 40.0. The Bertz CT molecular complexity index is 1430. The van der Waals surface area contributed by atoms with E-state index in [1.165, 1.54) is 37.3 Å². The van der Waals surface area contributed by atoms with Gasteiger partial charge in [0.05, 0.1) is 24.8 Å². The molecule has 220 valence electrons. The largest absolute Gasteiger partial charge is 0.497 e. The fraction of sp³-hybridized carbons (Fsp3) is 0.355. The number of hydrogen-bond donors (Lipinski definition) is 1. The van der Waals surface area contributed by atoms with Crippen molar-refractivity contribution in [1.82, 2.24) is 10.2 Å². The second-order valence-electron chi connectivity index (χ2n) is 9.59. The van der Waals surface area contributed by atoms with Crippen molar-refractivity contribution in [3.05, 3.63) is 83.9 Å². The van der Waals surface area contributed by atoms with Crippen LogP contribution in [0, 0.1) is 6.92 Å². The highest BCUT2D eigenvalue weighted by atomic mass is 32.2. The first-order valence-corrected chi connectivity index (χ1v) is 15.0. The number of ether oxygens (including phenoxy) is 2. The van der Waals surface area contributed by atoms with Crippen LogP contribution >= 0.6 is 0 Å². The molecular formula is C31H39N3O6S. The zero-order valence-electron chi connectivity index (χ0n) is 24.3. The van der Waals surface area contributed by atoms with Gasteiger partial charge in [0.15, 0.2) is 0 Å². The second kappa shape index (κ2) is 14.5. The highest BCUT2D eigenvalue weighted by Gasteiger charge is 2.35. The van der Waals surface area contributed by atoms with Crippen LogP contribution in [-0.2, 0) is 26.2 Å². The van der Waals surface area contributed by atoms with Crippen LogP contribution in [0.2, 0.25) is 0 Å². The molecule has 0 fully saturated rings. The number of sulfonamides is 1. The molecule has 0 spiro atoms. The van der Waals surface area contributed by atoms with Gasteiger partial charge in [0.2, 0.25) is 11.8 Å². The number of nitrogens with zero attached hydrogens (tertiary/aromatic N) is 2. The molecule has 0 aliphatic carbocycles. The van der Waals surface area contributed by atoms with Crippen molar-refractivity contribution in [1.29, 1.82) is 0 Å². The van der Waals surface area contributed by atoms with Gasteiger partial charge < -0.3 is 19.7 Å². The van der Waals surface area contributed by atoms with Gasteiger partial charge in [-0.25, -0.2) is 8.42 Å². The normalized spacial score (nSPS) is 11.8. The van der Waals surface area contributed by atoms with Crippen molar-refractivity contribution >= 4 is 27.5 Å². The smallest absolute Gasteiger partial charge is 0.264 e. The van der Waals surface area contributed by atoms with Crippen molar-refractivity contribution < 1.29 is 27.5 Å². The molecule has 41 heavy (non-hydrogen) atoms. The summed E-state index contributed by atoms with van der Waals surface area (Å²) in [6, 6.07) is 19.5. The summed E-state index contributed by atoms with van der Waals surface area (Å²) in [7, 11) is -1.34. The van der Waals surface area contributed by atoms with E-state index < -0.39 is 28.5 Å². The van der Waals surface area contributed by atoms with Crippen molar-refractivity contribution in [3.63, 3.8) is 0 Å². The highest BCUT2D eigenvalue weighted by Crippen LogP contribution is 2.36. The molecule has 1 N–H and O–H groups in total. The first-order valence-electron chi connectivity index (χ1n) is 13.6. The molecule has 0 radical (unpaired) electrons. The van der Waals surface area contributed by atoms with E-state index in [1.807, 2.05) is 45.0 Å². The van der Waals surface area contributed by atoms with Crippen LogP contribution in [0.1, 0.15) is 37.8 Å². The number of nitrogens with one attached hydrogen (secondary N) is 1. The summed E-state index contributed by atoms with van der Waals surface area (Å²) in [5.41, 5.74) is 1.98.